The summed E-state index contributed by atoms with van der Waals surface area (Å²) >= 11 is 9.73. The first-order valence-corrected chi connectivity index (χ1v) is 12.7. The highest BCUT2D eigenvalue weighted by atomic mass is 79.9. The molecule has 1 aliphatic heterocycles. The van der Waals surface area contributed by atoms with Gasteiger partial charge in [-0.3, -0.25) is 14.6 Å². The number of carbonyl (C=O) groups excluding carboxylic acids is 2. The van der Waals surface area contributed by atoms with Crippen LogP contribution in [0.5, 0.6) is 0 Å². The SMILES string of the molecule is O=C(Cc1ncccn1)Nc1ccc(C2=NC(Cc3cccc(Br)c3)C(=O)Nc3cc(Cl)ccc32)cc1. The molecule has 0 aliphatic carbocycles. The summed E-state index contributed by atoms with van der Waals surface area (Å²) in [5, 5.41) is 6.37. The van der Waals surface area contributed by atoms with Crippen LogP contribution in [0.25, 0.3) is 0 Å². The van der Waals surface area contributed by atoms with E-state index in [1.54, 1.807) is 42.7 Å². The molecule has 4 aromatic rings. The lowest BCUT2D eigenvalue weighted by molar-refractivity contribution is -0.117. The van der Waals surface area contributed by atoms with Crippen LogP contribution in [0, 0.1) is 0 Å². The minimum absolute atomic E-state index is 0.0779. The third-order valence-corrected chi connectivity index (χ3v) is 6.51. The van der Waals surface area contributed by atoms with Crippen LogP contribution in [-0.2, 0) is 22.4 Å². The van der Waals surface area contributed by atoms with E-state index >= 15 is 0 Å². The summed E-state index contributed by atoms with van der Waals surface area (Å²) in [5.41, 5.74) is 4.47. The summed E-state index contributed by atoms with van der Waals surface area (Å²) in [5.74, 6) is 0.0356. The molecule has 0 fully saturated rings. The number of hydrogen-bond acceptors (Lipinski definition) is 5. The van der Waals surface area contributed by atoms with Crippen LogP contribution >= 0.6 is 27.5 Å². The smallest absolute Gasteiger partial charge is 0.249 e. The molecule has 1 atom stereocenters. The van der Waals surface area contributed by atoms with Crippen LogP contribution in [0.15, 0.2) is 94.7 Å². The first-order chi connectivity index (χ1) is 17.9. The summed E-state index contributed by atoms with van der Waals surface area (Å²) < 4.78 is 0.940. The van der Waals surface area contributed by atoms with Gasteiger partial charge in [-0.1, -0.05) is 51.8 Å². The molecule has 9 heteroatoms. The number of aliphatic imine (C=N–C) groups is 1. The zero-order valence-electron chi connectivity index (χ0n) is 19.5. The number of nitrogens with one attached hydrogen (secondary N) is 2. The van der Waals surface area contributed by atoms with Crippen molar-refractivity contribution >= 4 is 56.4 Å². The fraction of sp³-hybridized carbons (Fsp3) is 0.107. The Morgan fingerprint density at radius 3 is 2.54 bits per heavy atom. The highest BCUT2D eigenvalue weighted by Gasteiger charge is 2.26. The topological polar surface area (TPSA) is 96.3 Å². The molecule has 0 bridgehead atoms. The summed E-state index contributed by atoms with van der Waals surface area (Å²) in [6, 6.07) is 21.6. The van der Waals surface area contributed by atoms with Crippen molar-refractivity contribution in [3.05, 3.63) is 117 Å². The van der Waals surface area contributed by atoms with E-state index in [1.807, 2.05) is 42.5 Å². The van der Waals surface area contributed by atoms with Gasteiger partial charge in [0.05, 0.1) is 17.8 Å². The number of nitrogens with zero attached hydrogens (tertiary/aromatic N) is 3. The molecule has 1 unspecified atom stereocenters. The van der Waals surface area contributed by atoms with E-state index in [0.717, 1.165) is 21.2 Å². The van der Waals surface area contributed by atoms with Crippen molar-refractivity contribution in [1.29, 1.82) is 0 Å². The van der Waals surface area contributed by atoms with Gasteiger partial charge in [0.15, 0.2) is 0 Å². The van der Waals surface area contributed by atoms with Gasteiger partial charge < -0.3 is 10.6 Å². The molecule has 5 rings (SSSR count). The number of amides is 2. The van der Waals surface area contributed by atoms with Gasteiger partial charge in [0.1, 0.15) is 11.9 Å². The maximum Gasteiger partial charge on any atom is 0.249 e. The first-order valence-electron chi connectivity index (χ1n) is 11.5. The molecule has 2 heterocycles. The predicted octanol–water partition coefficient (Wildman–Crippen LogP) is 5.47. The second-order valence-electron chi connectivity index (χ2n) is 8.47. The Balaban J connectivity index is 1.43. The lowest BCUT2D eigenvalue weighted by Crippen LogP contribution is -2.27. The van der Waals surface area contributed by atoms with Crippen LogP contribution < -0.4 is 10.6 Å². The lowest BCUT2D eigenvalue weighted by Gasteiger charge is -2.12. The van der Waals surface area contributed by atoms with Crippen molar-refractivity contribution in [3.63, 3.8) is 0 Å². The fourth-order valence-electron chi connectivity index (χ4n) is 4.06. The Kier molecular flexibility index (Phi) is 7.39. The molecule has 0 radical (unpaired) electrons. The number of carbonyl (C=O) groups is 2. The Morgan fingerprint density at radius 1 is 1.00 bits per heavy atom. The van der Waals surface area contributed by atoms with Crippen molar-refractivity contribution < 1.29 is 9.59 Å². The Labute approximate surface area is 227 Å². The van der Waals surface area contributed by atoms with Crippen molar-refractivity contribution in [2.75, 3.05) is 10.6 Å². The van der Waals surface area contributed by atoms with E-state index in [1.165, 1.54) is 0 Å². The maximum atomic E-state index is 13.1. The standard InChI is InChI=1S/C28H21BrClN5O2/c29-19-4-1-3-17(13-19)14-24-28(37)35-23-15-20(30)7-10-22(23)27(34-24)18-5-8-21(9-6-18)33-26(36)16-25-31-11-2-12-32-25/h1-13,15,24H,14,16H2,(H,33,36)(H,35,37). The number of anilines is 2. The molecule has 184 valence electrons. The number of hydrogen-bond donors (Lipinski definition) is 2. The highest BCUT2D eigenvalue weighted by molar-refractivity contribution is 9.10. The van der Waals surface area contributed by atoms with E-state index in [0.29, 0.717) is 34.4 Å². The summed E-state index contributed by atoms with van der Waals surface area (Å²) in [4.78, 5) is 38.6. The molecule has 2 N–H and O–H groups in total. The van der Waals surface area contributed by atoms with Crippen molar-refractivity contribution in [3.8, 4) is 0 Å². The molecule has 7 nitrogen and oxygen atoms in total. The minimum Gasteiger partial charge on any atom is -0.326 e. The number of fused-ring (bicyclic) bond motifs is 1. The van der Waals surface area contributed by atoms with Gasteiger partial charge >= 0.3 is 0 Å². The van der Waals surface area contributed by atoms with Gasteiger partial charge in [-0.05, 0) is 54.1 Å². The second-order valence-corrected chi connectivity index (χ2v) is 9.83. The van der Waals surface area contributed by atoms with Crippen LogP contribution in [0.3, 0.4) is 0 Å². The third-order valence-electron chi connectivity index (χ3n) is 5.78. The number of aromatic nitrogens is 2. The summed E-state index contributed by atoms with van der Waals surface area (Å²) in [6.07, 6.45) is 3.72. The van der Waals surface area contributed by atoms with Crippen molar-refractivity contribution in [2.45, 2.75) is 18.9 Å². The van der Waals surface area contributed by atoms with Crippen LogP contribution in [0.4, 0.5) is 11.4 Å². The van der Waals surface area contributed by atoms with E-state index in [9.17, 15) is 9.59 Å². The average molecular weight is 575 g/mol. The molecule has 0 saturated heterocycles. The van der Waals surface area contributed by atoms with E-state index in [4.69, 9.17) is 16.6 Å². The quantitative estimate of drug-likeness (QED) is 0.319. The molecular weight excluding hydrogens is 554 g/mol. The number of rotatable bonds is 6. The third kappa shape index (κ3) is 6.10. The van der Waals surface area contributed by atoms with Crippen molar-refractivity contribution in [2.24, 2.45) is 4.99 Å². The summed E-state index contributed by atoms with van der Waals surface area (Å²) in [7, 11) is 0. The van der Waals surface area contributed by atoms with E-state index in [-0.39, 0.29) is 18.2 Å². The van der Waals surface area contributed by atoms with Crippen molar-refractivity contribution in [1.82, 2.24) is 9.97 Å². The summed E-state index contributed by atoms with van der Waals surface area (Å²) in [6.45, 7) is 0. The Hall–Kier alpha value is -3.88. The molecule has 3 aromatic carbocycles. The minimum atomic E-state index is -0.638. The molecular formula is C28H21BrClN5O2. The zero-order valence-corrected chi connectivity index (χ0v) is 21.8. The molecule has 2 amide bonds. The Bertz CT molecular complexity index is 1490. The number of halogens is 2. The average Bonchev–Trinajstić information content (AvgIpc) is 3.01. The molecule has 1 aliphatic rings. The van der Waals surface area contributed by atoms with E-state index in [2.05, 4.69) is 36.5 Å². The monoisotopic (exact) mass is 573 g/mol. The van der Waals surface area contributed by atoms with Crippen LogP contribution in [0.2, 0.25) is 5.02 Å². The van der Waals surface area contributed by atoms with Crippen LogP contribution in [-0.4, -0.2) is 33.5 Å². The van der Waals surface area contributed by atoms with Crippen LogP contribution in [0.1, 0.15) is 22.5 Å². The van der Waals surface area contributed by atoms with Gasteiger partial charge in [-0.15, -0.1) is 0 Å². The van der Waals surface area contributed by atoms with Gasteiger partial charge in [0.2, 0.25) is 11.8 Å². The lowest BCUT2D eigenvalue weighted by atomic mass is 10.00. The fourth-order valence-corrected chi connectivity index (χ4v) is 4.68. The molecule has 0 spiro atoms. The number of benzene rings is 3. The Morgan fingerprint density at radius 2 is 1.78 bits per heavy atom. The van der Waals surface area contributed by atoms with Gasteiger partial charge in [-0.2, -0.15) is 0 Å². The predicted molar refractivity (Wildman–Crippen MR) is 148 cm³/mol. The maximum absolute atomic E-state index is 13.1. The second kappa shape index (κ2) is 11.0. The zero-order chi connectivity index (χ0) is 25.8. The molecule has 37 heavy (non-hydrogen) atoms. The largest absolute Gasteiger partial charge is 0.326 e. The van der Waals surface area contributed by atoms with Gasteiger partial charge in [0, 0.05) is 45.1 Å². The van der Waals surface area contributed by atoms with Gasteiger partial charge in [-0.25, -0.2) is 9.97 Å². The first kappa shape index (κ1) is 24.8. The van der Waals surface area contributed by atoms with E-state index < -0.39 is 6.04 Å². The molecule has 0 saturated carbocycles. The molecule has 1 aromatic heterocycles. The number of benzodiazepines with no additional fused rings is 1. The highest BCUT2D eigenvalue weighted by Crippen LogP contribution is 2.29. The normalized spacial score (nSPS) is 14.7. The van der Waals surface area contributed by atoms with Gasteiger partial charge in [0.25, 0.3) is 0 Å².